The van der Waals surface area contributed by atoms with E-state index in [9.17, 15) is 9.59 Å². The third-order valence-corrected chi connectivity index (χ3v) is 1.50. The fourth-order valence-corrected chi connectivity index (χ4v) is 0.804. The molecule has 1 unspecified atom stereocenters. The molecule has 0 aliphatic rings. The van der Waals surface area contributed by atoms with Gasteiger partial charge in [-0.05, 0) is 14.1 Å². The first kappa shape index (κ1) is 23.0. The molecular formula is C14H31NO4. The van der Waals surface area contributed by atoms with Crippen LogP contribution in [0.4, 0.5) is 0 Å². The fourth-order valence-electron chi connectivity index (χ4n) is 0.804. The fraction of sp³-hybridized carbons (Fsp3) is 0.857. The molecule has 0 bridgehead atoms. The minimum Gasteiger partial charge on any atom is -0.425 e. The molecule has 1 atom stereocenters. The zero-order valence-corrected chi connectivity index (χ0v) is 13.9. The molecule has 0 rings (SSSR count). The molecule has 0 aliphatic heterocycles. The Kier molecular flexibility index (Phi) is 18.1. The number of likely N-dealkylation sites (N-methyl/N-ethyl adjacent to an activating group) is 1. The normalized spacial score (nSPS) is 10.7. The summed E-state index contributed by atoms with van der Waals surface area (Å²) in [5, 5.41) is 0. The summed E-state index contributed by atoms with van der Waals surface area (Å²) in [5.41, 5.74) is 0. The second kappa shape index (κ2) is 15.0. The van der Waals surface area contributed by atoms with Gasteiger partial charge in [-0.15, -0.1) is 0 Å². The van der Waals surface area contributed by atoms with Crippen LogP contribution in [0.25, 0.3) is 0 Å². The molecule has 0 aromatic carbocycles. The van der Waals surface area contributed by atoms with Crippen LogP contribution >= 0.6 is 0 Å². The monoisotopic (exact) mass is 277 g/mol. The molecular weight excluding hydrogens is 246 g/mol. The van der Waals surface area contributed by atoms with Gasteiger partial charge in [0.05, 0.1) is 12.5 Å². The van der Waals surface area contributed by atoms with Gasteiger partial charge in [0.1, 0.15) is 0 Å². The van der Waals surface area contributed by atoms with Crippen molar-refractivity contribution in [1.82, 2.24) is 4.90 Å². The molecule has 0 saturated carbocycles. The van der Waals surface area contributed by atoms with Crippen LogP contribution in [0.15, 0.2) is 0 Å². The van der Waals surface area contributed by atoms with Gasteiger partial charge in [-0.2, -0.15) is 0 Å². The van der Waals surface area contributed by atoms with Crippen LogP contribution < -0.4 is 0 Å². The molecule has 0 fully saturated rings. The maximum atomic E-state index is 11.2. The molecule has 0 N–H and O–H groups in total. The van der Waals surface area contributed by atoms with Gasteiger partial charge in [0, 0.05) is 6.92 Å². The summed E-state index contributed by atoms with van der Waals surface area (Å²) in [4.78, 5) is 24.0. The average Bonchev–Trinajstić information content (AvgIpc) is 2.32. The van der Waals surface area contributed by atoms with Crippen molar-refractivity contribution in [2.24, 2.45) is 5.92 Å². The Balaban J connectivity index is -0.000000579. The molecule has 0 radical (unpaired) electrons. The van der Waals surface area contributed by atoms with Crippen molar-refractivity contribution in [2.45, 2.75) is 54.8 Å². The molecule has 0 amide bonds. The van der Waals surface area contributed by atoms with Gasteiger partial charge in [-0.3, -0.25) is 14.5 Å². The Morgan fingerprint density at radius 1 is 0.947 bits per heavy atom. The molecule has 0 aromatic rings. The Hall–Kier alpha value is -1.10. The molecule has 0 spiro atoms. The van der Waals surface area contributed by atoms with E-state index >= 15 is 0 Å². The van der Waals surface area contributed by atoms with Gasteiger partial charge in [0.15, 0.2) is 0 Å². The first-order valence-electron chi connectivity index (χ1n) is 6.87. The predicted octanol–water partition coefficient (Wildman–Crippen LogP) is 2.69. The van der Waals surface area contributed by atoms with Gasteiger partial charge < -0.3 is 9.47 Å². The number of rotatable bonds is 5. The summed E-state index contributed by atoms with van der Waals surface area (Å²) in [6.45, 7) is 13.1. The highest BCUT2D eigenvalue weighted by Gasteiger charge is 2.16. The number of carbonyl (C=O) groups excluding carboxylic acids is 2. The van der Waals surface area contributed by atoms with E-state index in [2.05, 4.69) is 0 Å². The zero-order chi connectivity index (χ0) is 16.0. The van der Waals surface area contributed by atoms with Crippen LogP contribution in [0.3, 0.4) is 0 Å². The van der Waals surface area contributed by atoms with Crippen molar-refractivity contribution in [2.75, 3.05) is 20.6 Å². The summed E-state index contributed by atoms with van der Waals surface area (Å²) in [7, 11) is 3.51. The standard InChI is InChI=1S/C10H19NO4.2C2H6/c1-7(2)10(13)15-8(3)14-9(12)6-11(4)5;2*1-2/h7-8H,6H2,1-5H3;2*1-2H3. The van der Waals surface area contributed by atoms with Gasteiger partial charge in [0.25, 0.3) is 0 Å². The van der Waals surface area contributed by atoms with E-state index in [1.54, 1.807) is 32.8 Å². The minimum atomic E-state index is -0.827. The zero-order valence-electron chi connectivity index (χ0n) is 13.9. The average molecular weight is 277 g/mol. The number of carbonyl (C=O) groups is 2. The number of hydrogen-bond donors (Lipinski definition) is 0. The van der Waals surface area contributed by atoms with Crippen molar-refractivity contribution >= 4 is 11.9 Å². The summed E-state index contributed by atoms with van der Waals surface area (Å²) in [5.74, 6) is -1.01. The summed E-state index contributed by atoms with van der Waals surface area (Å²) in [6, 6.07) is 0. The van der Waals surface area contributed by atoms with Crippen LogP contribution in [0.5, 0.6) is 0 Å². The number of ether oxygens (including phenoxy) is 2. The second-order valence-corrected chi connectivity index (χ2v) is 3.89. The first-order valence-corrected chi connectivity index (χ1v) is 6.87. The van der Waals surface area contributed by atoms with E-state index in [4.69, 9.17) is 9.47 Å². The molecule has 0 saturated heterocycles. The first-order chi connectivity index (χ1) is 8.82. The Morgan fingerprint density at radius 2 is 1.37 bits per heavy atom. The Bertz CT molecular complexity index is 227. The highest BCUT2D eigenvalue weighted by atomic mass is 16.7. The smallest absolute Gasteiger partial charge is 0.323 e. The van der Waals surface area contributed by atoms with Crippen molar-refractivity contribution in [3.8, 4) is 0 Å². The topological polar surface area (TPSA) is 55.8 Å². The van der Waals surface area contributed by atoms with Crippen LogP contribution in [-0.4, -0.2) is 43.8 Å². The predicted molar refractivity (Wildman–Crippen MR) is 77.7 cm³/mol. The minimum absolute atomic E-state index is 0.170. The lowest BCUT2D eigenvalue weighted by atomic mass is 10.2. The largest absolute Gasteiger partial charge is 0.425 e. The van der Waals surface area contributed by atoms with E-state index in [0.29, 0.717) is 0 Å². The van der Waals surface area contributed by atoms with Gasteiger partial charge in [0.2, 0.25) is 6.29 Å². The lowest BCUT2D eigenvalue weighted by Crippen LogP contribution is -2.29. The molecule has 0 aliphatic carbocycles. The number of hydrogen-bond acceptors (Lipinski definition) is 5. The molecule has 0 heterocycles. The van der Waals surface area contributed by atoms with Crippen LogP contribution in [0.2, 0.25) is 0 Å². The van der Waals surface area contributed by atoms with Crippen molar-refractivity contribution in [3.05, 3.63) is 0 Å². The lowest BCUT2D eigenvalue weighted by Gasteiger charge is -2.16. The highest BCUT2D eigenvalue weighted by Crippen LogP contribution is 2.02. The van der Waals surface area contributed by atoms with Crippen LogP contribution in [0, 0.1) is 5.92 Å². The highest BCUT2D eigenvalue weighted by molar-refractivity contribution is 5.73. The third kappa shape index (κ3) is 16.9. The van der Waals surface area contributed by atoms with Crippen LogP contribution in [0.1, 0.15) is 48.5 Å². The third-order valence-electron chi connectivity index (χ3n) is 1.50. The maximum Gasteiger partial charge on any atom is 0.323 e. The lowest BCUT2D eigenvalue weighted by molar-refractivity contribution is -0.187. The van der Waals surface area contributed by atoms with E-state index in [-0.39, 0.29) is 18.4 Å². The van der Waals surface area contributed by atoms with Gasteiger partial charge in [-0.1, -0.05) is 41.5 Å². The Morgan fingerprint density at radius 3 is 1.68 bits per heavy atom. The van der Waals surface area contributed by atoms with Crippen molar-refractivity contribution in [1.29, 1.82) is 0 Å². The van der Waals surface area contributed by atoms with Crippen molar-refractivity contribution < 1.29 is 19.1 Å². The molecule has 5 nitrogen and oxygen atoms in total. The SMILES string of the molecule is CC.CC.CC(OC(=O)CN(C)C)OC(=O)C(C)C. The summed E-state index contributed by atoms with van der Waals surface area (Å²) in [6.07, 6.45) is -0.827. The summed E-state index contributed by atoms with van der Waals surface area (Å²) >= 11 is 0. The quantitative estimate of drug-likeness (QED) is 0.571. The van der Waals surface area contributed by atoms with E-state index in [1.165, 1.54) is 6.92 Å². The molecule has 5 heteroatoms. The molecule has 116 valence electrons. The number of nitrogens with zero attached hydrogens (tertiary/aromatic N) is 1. The molecule has 0 aromatic heterocycles. The van der Waals surface area contributed by atoms with Gasteiger partial charge in [-0.25, -0.2) is 0 Å². The second-order valence-electron chi connectivity index (χ2n) is 3.89. The molecule has 19 heavy (non-hydrogen) atoms. The summed E-state index contributed by atoms with van der Waals surface area (Å²) < 4.78 is 9.72. The van der Waals surface area contributed by atoms with Crippen LogP contribution in [-0.2, 0) is 19.1 Å². The Labute approximate surface area is 118 Å². The van der Waals surface area contributed by atoms with E-state index in [0.717, 1.165) is 0 Å². The van der Waals surface area contributed by atoms with Gasteiger partial charge >= 0.3 is 11.9 Å². The van der Waals surface area contributed by atoms with E-state index in [1.807, 2.05) is 27.7 Å². The van der Waals surface area contributed by atoms with E-state index < -0.39 is 12.3 Å². The van der Waals surface area contributed by atoms with Crippen molar-refractivity contribution in [3.63, 3.8) is 0 Å². The maximum absolute atomic E-state index is 11.2. The number of esters is 2.